The van der Waals surface area contributed by atoms with Crippen LogP contribution >= 0.6 is 0 Å². The Morgan fingerprint density at radius 3 is 2.70 bits per heavy atom. The number of benzene rings is 1. The van der Waals surface area contributed by atoms with E-state index in [1.165, 1.54) is 5.56 Å². The number of urea groups is 1. The third-order valence-electron chi connectivity index (χ3n) is 4.92. The van der Waals surface area contributed by atoms with E-state index in [2.05, 4.69) is 27.7 Å². The molecule has 0 aromatic heterocycles. The van der Waals surface area contributed by atoms with Crippen molar-refractivity contribution in [2.45, 2.75) is 57.5 Å². The summed E-state index contributed by atoms with van der Waals surface area (Å²) in [6.45, 7) is 2.70. The summed E-state index contributed by atoms with van der Waals surface area (Å²) in [5, 5.41) is 5.40. The van der Waals surface area contributed by atoms with Crippen LogP contribution in [0.25, 0.3) is 0 Å². The highest BCUT2D eigenvalue weighted by molar-refractivity contribution is 5.98. The molecule has 1 atom stereocenters. The summed E-state index contributed by atoms with van der Waals surface area (Å²) in [7, 11) is 0. The van der Waals surface area contributed by atoms with Crippen molar-refractivity contribution in [2.75, 3.05) is 11.4 Å². The predicted molar refractivity (Wildman–Crippen MR) is 90.5 cm³/mol. The molecule has 1 aromatic rings. The first kappa shape index (κ1) is 15.8. The van der Waals surface area contributed by atoms with Crippen LogP contribution in [0, 0.1) is 0 Å². The van der Waals surface area contributed by atoms with Crippen molar-refractivity contribution in [2.24, 2.45) is 0 Å². The lowest BCUT2D eigenvalue weighted by atomic mass is 10.00. The molecule has 1 fully saturated rings. The lowest BCUT2D eigenvalue weighted by Gasteiger charge is -2.35. The lowest BCUT2D eigenvalue weighted by molar-refractivity contribution is -0.121. The molecular formula is C18H25N3O2. The molecule has 3 rings (SSSR count). The van der Waals surface area contributed by atoms with Crippen LogP contribution in [0.3, 0.4) is 0 Å². The normalized spacial score (nSPS) is 19.1. The topological polar surface area (TPSA) is 61.4 Å². The van der Waals surface area contributed by atoms with Gasteiger partial charge in [-0.05, 0) is 44.2 Å². The van der Waals surface area contributed by atoms with Gasteiger partial charge in [0.25, 0.3) is 0 Å². The van der Waals surface area contributed by atoms with Gasteiger partial charge in [-0.3, -0.25) is 10.1 Å². The molecule has 0 saturated heterocycles. The van der Waals surface area contributed by atoms with Crippen LogP contribution in [0.1, 0.15) is 44.6 Å². The predicted octanol–water partition coefficient (Wildman–Crippen LogP) is 2.60. The highest BCUT2D eigenvalue weighted by Crippen LogP contribution is 2.28. The van der Waals surface area contributed by atoms with Gasteiger partial charge in [0, 0.05) is 18.3 Å². The third kappa shape index (κ3) is 3.66. The van der Waals surface area contributed by atoms with E-state index in [-0.39, 0.29) is 24.0 Å². The number of rotatable bonds is 3. The molecular weight excluding hydrogens is 290 g/mol. The van der Waals surface area contributed by atoms with Gasteiger partial charge in [0.2, 0.25) is 5.91 Å². The zero-order chi connectivity index (χ0) is 16.2. The second-order valence-electron chi connectivity index (χ2n) is 6.55. The SMILES string of the molecule is C[C@@H](C(=O)NC(=O)NC1CCCC1)N1CCCc2ccccc21. The van der Waals surface area contributed by atoms with E-state index >= 15 is 0 Å². The van der Waals surface area contributed by atoms with Crippen LogP contribution in [-0.4, -0.2) is 30.6 Å². The van der Waals surface area contributed by atoms with Gasteiger partial charge in [0.05, 0.1) is 0 Å². The molecule has 2 N–H and O–H groups in total. The highest BCUT2D eigenvalue weighted by Gasteiger charge is 2.27. The van der Waals surface area contributed by atoms with Gasteiger partial charge >= 0.3 is 6.03 Å². The molecule has 1 aliphatic heterocycles. The Balaban J connectivity index is 1.60. The minimum absolute atomic E-state index is 0.216. The fraction of sp³-hybridized carbons (Fsp3) is 0.556. The number of anilines is 1. The fourth-order valence-electron chi connectivity index (χ4n) is 3.61. The summed E-state index contributed by atoms with van der Waals surface area (Å²) >= 11 is 0. The molecule has 23 heavy (non-hydrogen) atoms. The molecule has 0 bridgehead atoms. The standard InChI is InChI=1S/C18H25N3O2/c1-13(17(22)20-18(23)19-15-9-3-4-10-15)21-12-6-8-14-7-2-5-11-16(14)21/h2,5,7,11,13,15H,3-4,6,8-10,12H2,1H3,(H2,19,20,22,23)/t13-/m0/s1. The molecule has 0 spiro atoms. The minimum atomic E-state index is -0.362. The van der Waals surface area contributed by atoms with E-state index in [4.69, 9.17) is 0 Å². The van der Waals surface area contributed by atoms with E-state index in [9.17, 15) is 9.59 Å². The van der Waals surface area contributed by atoms with Crippen molar-refractivity contribution in [1.82, 2.24) is 10.6 Å². The number of nitrogens with zero attached hydrogens (tertiary/aromatic N) is 1. The van der Waals surface area contributed by atoms with Gasteiger partial charge in [-0.1, -0.05) is 31.0 Å². The monoisotopic (exact) mass is 315 g/mol. The number of fused-ring (bicyclic) bond motifs is 1. The quantitative estimate of drug-likeness (QED) is 0.901. The molecule has 5 heteroatoms. The average Bonchev–Trinajstić information content (AvgIpc) is 3.06. The maximum Gasteiger partial charge on any atom is 0.321 e. The maximum absolute atomic E-state index is 12.4. The second kappa shape index (κ2) is 7.02. The first-order valence-electron chi connectivity index (χ1n) is 8.61. The van der Waals surface area contributed by atoms with Crippen molar-refractivity contribution in [3.8, 4) is 0 Å². The molecule has 2 aliphatic rings. The van der Waals surface area contributed by atoms with Gasteiger partial charge in [-0.25, -0.2) is 4.79 Å². The number of imide groups is 1. The first-order valence-corrected chi connectivity index (χ1v) is 8.61. The van der Waals surface area contributed by atoms with Crippen LogP contribution in [0.4, 0.5) is 10.5 Å². The van der Waals surface area contributed by atoms with Crippen LogP contribution in [0.15, 0.2) is 24.3 Å². The Hall–Kier alpha value is -2.04. The summed E-state index contributed by atoms with van der Waals surface area (Å²) in [5.41, 5.74) is 2.38. The summed E-state index contributed by atoms with van der Waals surface area (Å²) in [6.07, 6.45) is 6.40. The molecule has 0 radical (unpaired) electrons. The van der Waals surface area contributed by atoms with Gasteiger partial charge in [0.1, 0.15) is 6.04 Å². The number of nitrogens with one attached hydrogen (secondary N) is 2. The fourth-order valence-corrected chi connectivity index (χ4v) is 3.61. The Bertz CT molecular complexity index is 581. The summed E-state index contributed by atoms with van der Waals surface area (Å²) in [4.78, 5) is 26.5. The number of carbonyl (C=O) groups is 2. The Labute approximate surface area is 137 Å². The van der Waals surface area contributed by atoms with Gasteiger partial charge in [-0.2, -0.15) is 0 Å². The van der Waals surface area contributed by atoms with E-state index in [1.54, 1.807) is 0 Å². The van der Waals surface area contributed by atoms with Crippen molar-refractivity contribution in [3.63, 3.8) is 0 Å². The van der Waals surface area contributed by atoms with Crippen LogP contribution < -0.4 is 15.5 Å². The van der Waals surface area contributed by atoms with Crippen LogP contribution in [-0.2, 0) is 11.2 Å². The van der Waals surface area contributed by atoms with Crippen molar-refractivity contribution < 1.29 is 9.59 Å². The number of carbonyl (C=O) groups excluding carboxylic acids is 2. The summed E-state index contributed by atoms with van der Waals surface area (Å²) < 4.78 is 0. The van der Waals surface area contributed by atoms with E-state index in [0.717, 1.165) is 50.8 Å². The van der Waals surface area contributed by atoms with E-state index in [0.29, 0.717) is 0 Å². The first-order chi connectivity index (χ1) is 11.1. The molecule has 5 nitrogen and oxygen atoms in total. The number of hydrogen-bond donors (Lipinski definition) is 2. The minimum Gasteiger partial charge on any atom is -0.360 e. The van der Waals surface area contributed by atoms with Crippen molar-refractivity contribution >= 4 is 17.6 Å². The Kier molecular flexibility index (Phi) is 4.84. The number of aryl methyl sites for hydroxylation is 1. The summed E-state index contributed by atoms with van der Waals surface area (Å²) in [6, 6.07) is 7.69. The van der Waals surface area contributed by atoms with Crippen LogP contribution in [0.2, 0.25) is 0 Å². The lowest BCUT2D eigenvalue weighted by Crippen LogP contribution is -2.52. The largest absolute Gasteiger partial charge is 0.360 e. The zero-order valence-corrected chi connectivity index (χ0v) is 13.7. The Morgan fingerprint density at radius 1 is 1.17 bits per heavy atom. The zero-order valence-electron chi connectivity index (χ0n) is 13.7. The summed E-state index contributed by atoms with van der Waals surface area (Å²) in [5.74, 6) is -0.239. The number of hydrogen-bond acceptors (Lipinski definition) is 3. The van der Waals surface area contributed by atoms with Crippen molar-refractivity contribution in [3.05, 3.63) is 29.8 Å². The van der Waals surface area contributed by atoms with Gasteiger partial charge < -0.3 is 10.2 Å². The molecule has 0 unspecified atom stereocenters. The highest BCUT2D eigenvalue weighted by atomic mass is 16.2. The molecule has 124 valence electrons. The van der Waals surface area contributed by atoms with Gasteiger partial charge in [0.15, 0.2) is 0 Å². The average molecular weight is 315 g/mol. The molecule has 3 amide bonds. The molecule has 1 aliphatic carbocycles. The second-order valence-corrected chi connectivity index (χ2v) is 6.55. The maximum atomic E-state index is 12.4. The van der Waals surface area contributed by atoms with Crippen LogP contribution in [0.5, 0.6) is 0 Å². The molecule has 1 heterocycles. The number of amides is 3. The molecule has 1 aromatic carbocycles. The van der Waals surface area contributed by atoms with Gasteiger partial charge in [-0.15, -0.1) is 0 Å². The number of para-hydroxylation sites is 1. The smallest absolute Gasteiger partial charge is 0.321 e. The van der Waals surface area contributed by atoms with Crippen molar-refractivity contribution in [1.29, 1.82) is 0 Å². The molecule has 1 saturated carbocycles. The van der Waals surface area contributed by atoms with E-state index < -0.39 is 0 Å². The van der Waals surface area contributed by atoms with E-state index in [1.807, 2.05) is 19.1 Å². The Morgan fingerprint density at radius 2 is 1.91 bits per heavy atom. The third-order valence-corrected chi connectivity index (χ3v) is 4.92.